The zero-order valence-electron chi connectivity index (χ0n) is 18.4. The first-order chi connectivity index (χ1) is 15.8. The molecule has 0 bridgehead atoms. The minimum absolute atomic E-state index is 0.126. The molecule has 2 aliphatic heterocycles. The number of benzene rings is 2. The Morgan fingerprint density at radius 1 is 1.18 bits per heavy atom. The number of aliphatic hydroxyl groups excluding tert-OH is 1. The van der Waals surface area contributed by atoms with Gasteiger partial charge in [0, 0.05) is 22.2 Å². The molecule has 1 unspecified atom stereocenters. The Kier molecular flexibility index (Phi) is 4.16. The smallest absolute Gasteiger partial charge is 0.340 e. The molecular weight excluding hydrogens is 418 g/mol. The number of anilines is 1. The number of hydrogen-bond acceptors (Lipinski definition) is 6. The minimum atomic E-state index is -1.46. The van der Waals surface area contributed by atoms with E-state index < -0.39 is 12.1 Å². The van der Waals surface area contributed by atoms with Crippen molar-refractivity contribution < 1.29 is 14.6 Å². The molecule has 3 N–H and O–H groups in total. The molecule has 0 spiro atoms. The number of ether oxygens (including phenoxy) is 1. The van der Waals surface area contributed by atoms with Crippen LogP contribution < -0.4 is 11.3 Å². The lowest BCUT2D eigenvalue weighted by Gasteiger charge is -2.21. The van der Waals surface area contributed by atoms with E-state index in [2.05, 4.69) is 13.8 Å². The van der Waals surface area contributed by atoms with Crippen LogP contribution in [0, 0.1) is 5.92 Å². The molecule has 0 aliphatic carbocycles. The summed E-state index contributed by atoms with van der Waals surface area (Å²) in [5.41, 5.74) is 11.6. The van der Waals surface area contributed by atoms with Gasteiger partial charge >= 0.3 is 5.97 Å². The summed E-state index contributed by atoms with van der Waals surface area (Å²) in [6, 6.07) is 11.7. The SMILES string of the molecule is CC(C)Cc1c2c(nc3ccc4ccc(N)cc4c13)-c1cc3c(c(=O)n1C2)COC(=O)C3O. The molecular formula is C26H23N3O4. The lowest BCUT2D eigenvalue weighted by atomic mass is 9.90. The molecule has 2 aromatic carbocycles. The molecule has 1 atom stereocenters. The molecule has 0 saturated carbocycles. The normalized spacial score (nSPS) is 16.7. The van der Waals surface area contributed by atoms with Crippen molar-refractivity contribution in [2.24, 2.45) is 5.92 Å². The van der Waals surface area contributed by atoms with Crippen LogP contribution in [0.5, 0.6) is 0 Å². The number of aliphatic hydroxyl groups is 1. The van der Waals surface area contributed by atoms with Crippen LogP contribution in [0.1, 0.15) is 42.2 Å². The fraction of sp³-hybridized carbons (Fsp3) is 0.269. The van der Waals surface area contributed by atoms with Crippen molar-refractivity contribution in [3.05, 3.63) is 69.0 Å². The summed E-state index contributed by atoms with van der Waals surface area (Å²) < 4.78 is 6.69. The fourth-order valence-corrected chi connectivity index (χ4v) is 5.19. The third-order valence-electron chi connectivity index (χ3n) is 6.69. The first-order valence-electron chi connectivity index (χ1n) is 11.1. The highest BCUT2D eigenvalue weighted by atomic mass is 16.5. The maximum Gasteiger partial charge on any atom is 0.340 e. The Morgan fingerprint density at radius 2 is 1.97 bits per heavy atom. The van der Waals surface area contributed by atoms with E-state index in [4.69, 9.17) is 15.5 Å². The summed E-state index contributed by atoms with van der Waals surface area (Å²) in [5, 5.41) is 13.6. The standard InChI is InChI=1S/C26H23N3O4/c1-12(2)7-16-18-10-29-21(9-17-19(25(29)31)11-33-26(32)24(17)30)23(18)28-20-6-4-13-3-5-14(27)8-15(13)22(16)20/h3-6,8-9,12,24,30H,7,10-11,27H2,1-2H3. The first-order valence-corrected chi connectivity index (χ1v) is 11.1. The zero-order valence-corrected chi connectivity index (χ0v) is 18.4. The lowest BCUT2D eigenvalue weighted by Crippen LogP contribution is -2.32. The third kappa shape index (κ3) is 2.82. The summed E-state index contributed by atoms with van der Waals surface area (Å²) in [6.07, 6.45) is -0.638. The molecule has 0 radical (unpaired) electrons. The van der Waals surface area contributed by atoms with Crippen LogP contribution >= 0.6 is 0 Å². The molecule has 0 fully saturated rings. The van der Waals surface area contributed by atoms with E-state index in [-0.39, 0.29) is 12.2 Å². The van der Waals surface area contributed by atoms with Crippen molar-refractivity contribution in [2.45, 2.75) is 39.5 Å². The van der Waals surface area contributed by atoms with Gasteiger partial charge in [-0.2, -0.15) is 0 Å². The predicted molar refractivity (Wildman–Crippen MR) is 126 cm³/mol. The van der Waals surface area contributed by atoms with Crippen LogP contribution in [0.2, 0.25) is 0 Å². The number of fused-ring (bicyclic) bond motifs is 7. The van der Waals surface area contributed by atoms with Gasteiger partial charge in [-0.15, -0.1) is 0 Å². The Labute approximate surface area is 189 Å². The third-order valence-corrected chi connectivity index (χ3v) is 6.69. The number of rotatable bonds is 2. The highest BCUT2D eigenvalue weighted by Gasteiger charge is 2.34. The molecule has 2 aliphatic rings. The van der Waals surface area contributed by atoms with Gasteiger partial charge in [0.15, 0.2) is 6.10 Å². The number of nitrogen functional groups attached to an aromatic ring is 1. The van der Waals surface area contributed by atoms with Crippen LogP contribution in [0.3, 0.4) is 0 Å². The van der Waals surface area contributed by atoms with Crippen molar-refractivity contribution in [3.8, 4) is 11.4 Å². The van der Waals surface area contributed by atoms with Gasteiger partial charge in [0.25, 0.3) is 5.56 Å². The number of hydrogen-bond donors (Lipinski definition) is 2. The van der Waals surface area contributed by atoms with Gasteiger partial charge in [-0.25, -0.2) is 9.78 Å². The van der Waals surface area contributed by atoms with Gasteiger partial charge in [0.2, 0.25) is 0 Å². The van der Waals surface area contributed by atoms with Crippen molar-refractivity contribution >= 4 is 33.3 Å². The Bertz CT molecular complexity index is 1570. The molecule has 33 heavy (non-hydrogen) atoms. The number of aromatic nitrogens is 2. The van der Waals surface area contributed by atoms with E-state index in [1.807, 2.05) is 30.3 Å². The van der Waals surface area contributed by atoms with E-state index in [0.29, 0.717) is 35.0 Å². The Morgan fingerprint density at radius 3 is 2.76 bits per heavy atom. The molecule has 4 aromatic rings. The second kappa shape index (κ2) is 6.89. The fourth-order valence-electron chi connectivity index (χ4n) is 5.19. The summed E-state index contributed by atoms with van der Waals surface area (Å²) in [6.45, 7) is 4.61. The summed E-state index contributed by atoms with van der Waals surface area (Å²) in [4.78, 5) is 30.2. The van der Waals surface area contributed by atoms with Gasteiger partial charge in [-0.1, -0.05) is 26.0 Å². The zero-order chi connectivity index (χ0) is 23.0. The quantitative estimate of drug-likeness (QED) is 0.247. The Hall–Kier alpha value is -3.71. The molecule has 166 valence electrons. The number of nitrogens with two attached hydrogens (primary N) is 1. The predicted octanol–water partition coefficient (Wildman–Crippen LogP) is 3.45. The van der Waals surface area contributed by atoms with Gasteiger partial charge in [0.05, 0.1) is 29.0 Å². The second-order valence-electron chi connectivity index (χ2n) is 9.32. The van der Waals surface area contributed by atoms with Gasteiger partial charge in [0.1, 0.15) is 6.61 Å². The van der Waals surface area contributed by atoms with E-state index in [1.54, 1.807) is 10.6 Å². The number of carbonyl (C=O) groups excluding carboxylic acids is 1. The van der Waals surface area contributed by atoms with Gasteiger partial charge in [-0.3, -0.25) is 4.79 Å². The van der Waals surface area contributed by atoms with Crippen molar-refractivity contribution in [3.63, 3.8) is 0 Å². The van der Waals surface area contributed by atoms with Crippen LogP contribution in [0.4, 0.5) is 5.69 Å². The van der Waals surface area contributed by atoms with Crippen molar-refractivity contribution in [2.75, 3.05) is 5.73 Å². The highest BCUT2D eigenvalue weighted by Crippen LogP contribution is 2.40. The molecule has 0 saturated heterocycles. The van der Waals surface area contributed by atoms with Gasteiger partial charge in [-0.05, 0) is 52.9 Å². The second-order valence-corrected chi connectivity index (χ2v) is 9.32. The molecule has 6 rings (SSSR count). The van der Waals surface area contributed by atoms with E-state index in [9.17, 15) is 14.7 Å². The monoisotopic (exact) mass is 441 g/mol. The number of cyclic esters (lactones) is 1. The average Bonchev–Trinajstić information content (AvgIpc) is 3.15. The molecule has 0 amide bonds. The highest BCUT2D eigenvalue weighted by molar-refractivity contribution is 6.10. The van der Waals surface area contributed by atoms with Crippen LogP contribution in [-0.2, 0) is 29.1 Å². The van der Waals surface area contributed by atoms with Crippen molar-refractivity contribution in [1.82, 2.24) is 9.55 Å². The first kappa shape index (κ1) is 19.9. The molecule has 2 aromatic heterocycles. The average molecular weight is 441 g/mol. The Balaban J connectivity index is 1.69. The van der Waals surface area contributed by atoms with Crippen LogP contribution in [0.25, 0.3) is 33.1 Å². The van der Waals surface area contributed by atoms with E-state index >= 15 is 0 Å². The maximum atomic E-state index is 13.3. The molecule has 7 heteroatoms. The number of nitrogens with zero attached hydrogens (tertiary/aromatic N) is 2. The number of esters is 1. The van der Waals surface area contributed by atoms with E-state index in [1.165, 1.54) is 0 Å². The molecule has 4 heterocycles. The van der Waals surface area contributed by atoms with Crippen LogP contribution in [-0.4, -0.2) is 20.6 Å². The van der Waals surface area contributed by atoms with Gasteiger partial charge < -0.3 is 20.1 Å². The summed E-state index contributed by atoms with van der Waals surface area (Å²) >= 11 is 0. The number of carbonyl (C=O) groups is 1. The van der Waals surface area contributed by atoms with Crippen molar-refractivity contribution in [1.29, 1.82) is 0 Å². The minimum Gasteiger partial charge on any atom is -0.458 e. The largest absolute Gasteiger partial charge is 0.458 e. The maximum absolute atomic E-state index is 13.3. The summed E-state index contributed by atoms with van der Waals surface area (Å²) in [7, 11) is 0. The van der Waals surface area contributed by atoms with Crippen LogP contribution in [0.15, 0.2) is 41.2 Å². The molecule has 7 nitrogen and oxygen atoms in total. The topological polar surface area (TPSA) is 107 Å². The van der Waals surface area contributed by atoms with E-state index in [0.717, 1.165) is 44.9 Å². The summed E-state index contributed by atoms with van der Waals surface area (Å²) in [5.74, 6) is -0.349. The lowest BCUT2D eigenvalue weighted by molar-refractivity contribution is -0.157. The number of pyridine rings is 2.